The van der Waals surface area contributed by atoms with Gasteiger partial charge in [0, 0.05) is 38.4 Å². The number of aliphatic hydroxyl groups is 1. The minimum absolute atomic E-state index is 0.205. The summed E-state index contributed by atoms with van der Waals surface area (Å²) in [6.45, 7) is 9.07. The lowest BCUT2D eigenvalue weighted by Gasteiger charge is -2.33. The van der Waals surface area contributed by atoms with E-state index < -0.39 is 5.60 Å². The fourth-order valence-corrected chi connectivity index (χ4v) is 3.98. The Kier molecular flexibility index (Phi) is 8.48. The van der Waals surface area contributed by atoms with Crippen LogP contribution in [-0.2, 0) is 12.6 Å². The van der Waals surface area contributed by atoms with Gasteiger partial charge in [0.2, 0.25) is 5.95 Å². The number of piperidine rings is 1. The predicted octanol–water partition coefficient (Wildman–Crippen LogP) is 4.21. The Morgan fingerprint density at radius 2 is 1.89 bits per heavy atom. The maximum Gasteiger partial charge on any atom is 0.230 e. The molecule has 11 heteroatoms. The van der Waals surface area contributed by atoms with Crippen molar-refractivity contribution in [2.24, 2.45) is 7.05 Å². The molecule has 1 aliphatic rings. The summed E-state index contributed by atoms with van der Waals surface area (Å²) in [5.41, 5.74) is 0.207. The van der Waals surface area contributed by atoms with Gasteiger partial charge in [-0.2, -0.15) is 15.3 Å². The van der Waals surface area contributed by atoms with E-state index in [0.717, 1.165) is 31.7 Å². The van der Waals surface area contributed by atoms with Crippen molar-refractivity contribution in [1.29, 1.82) is 5.26 Å². The Hall–Kier alpha value is -3.42. The molecule has 0 bridgehead atoms. The summed E-state index contributed by atoms with van der Waals surface area (Å²) in [7, 11) is 1.77. The largest absolute Gasteiger partial charge is 0.384 e. The number of anilines is 4. The van der Waals surface area contributed by atoms with Crippen molar-refractivity contribution in [3.8, 4) is 6.07 Å². The molecular formula is C24H32ClN9O. The molecular weight excluding hydrogens is 466 g/mol. The predicted molar refractivity (Wildman–Crippen MR) is 138 cm³/mol. The standard InChI is InChI=1S/C22H26ClN9O.C2H6/c1-22(2,33)17-10-18(30-31(17)3)28-21-26-13-16(23)20(29-21)27-15-6-8-32(9-7-15)19-5-4-14(11-24)12-25-19;1-2/h4-5,10,12-13,15,33H,6-9H2,1-3H3,(H2,26,27,28,29,30);1-2H3. The van der Waals surface area contributed by atoms with Gasteiger partial charge >= 0.3 is 0 Å². The van der Waals surface area contributed by atoms with Crippen LogP contribution in [0.1, 0.15) is 51.8 Å². The van der Waals surface area contributed by atoms with Gasteiger partial charge in [-0.25, -0.2) is 9.97 Å². The average Bonchev–Trinajstić information content (AvgIpc) is 3.23. The molecule has 4 heterocycles. The van der Waals surface area contributed by atoms with E-state index in [2.05, 4.69) is 41.7 Å². The van der Waals surface area contributed by atoms with Crippen LogP contribution in [0.2, 0.25) is 5.02 Å². The van der Waals surface area contributed by atoms with Crippen LogP contribution >= 0.6 is 11.6 Å². The van der Waals surface area contributed by atoms with Crippen molar-refractivity contribution >= 4 is 35.0 Å². The fourth-order valence-electron chi connectivity index (χ4n) is 3.83. The zero-order valence-electron chi connectivity index (χ0n) is 20.7. The van der Waals surface area contributed by atoms with E-state index in [9.17, 15) is 5.11 Å². The van der Waals surface area contributed by atoms with Crippen LogP contribution < -0.4 is 15.5 Å². The molecule has 35 heavy (non-hydrogen) atoms. The third kappa shape index (κ3) is 6.59. The van der Waals surface area contributed by atoms with Gasteiger partial charge in [0.1, 0.15) is 22.5 Å². The third-order valence-corrected chi connectivity index (χ3v) is 5.80. The van der Waals surface area contributed by atoms with Gasteiger partial charge < -0.3 is 20.6 Å². The summed E-state index contributed by atoms with van der Waals surface area (Å²) in [4.78, 5) is 15.4. The zero-order chi connectivity index (χ0) is 25.6. The van der Waals surface area contributed by atoms with Crippen molar-refractivity contribution in [3.63, 3.8) is 0 Å². The second kappa shape index (κ2) is 11.3. The number of nitrogens with zero attached hydrogens (tertiary/aromatic N) is 7. The number of aromatic nitrogens is 5. The first-order chi connectivity index (χ1) is 16.7. The number of nitrogens with one attached hydrogen (secondary N) is 2. The lowest BCUT2D eigenvalue weighted by atomic mass is 10.0. The van der Waals surface area contributed by atoms with E-state index in [1.54, 1.807) is 50.1 Å². The summed E-state index contributed by atoms with van der Waals surface area (Å²) in [5.74, 6) is 2.33. The van der Waals surface area contributed by atoms with Gasteiger partial charge in [-0.05, 0) is 38.8 Å². The molecule has 0 spiro atoms. The van der Waals surface area contributed by atoms with Gasteiger partial charge in [-0.15, -0.1) is 0 Å². The van der Waals surface area contributed by atoms with Gasteiger partial charge in [0.15, 0.2) is 11.6 Å². The Bertz CT molecular complexity index is 1160. The molecule has 3 N–H and O–H groups in total. The van der Waals surface area contributed by atoms with Gasteiger partial charge in [0.05, 0.1) is 17.5 Å². The topological polar surface area (TPSA) is 128 Å². The van der Waals surface area contributed by atoms with Gasteiger partial charge in [-0.1, -0.05) is 25.4 Å². The van der Waals surface area contributed by atoms with E-state index in [4.69, 9.17) is 16.9 Å². The summed E-state index contributed by atoms with van der Waals surface area (Å²) < 4.78 is 1.62. The number of hydrogen-bond acceptors (Lipinski definition) is 9. The molecule has 0 atom stereocenters. The molecule has 0 amide bonds. The van der Waals surface area contributed by atoms with Gasteiger partial charge in [0.25, 0.3) is 0 Å². The number of pyridine rings is 1. The number of nitriles is 1. The molecule has 1 fully saturated rings. The van der Waals surface area contributed by atoms with Gasteiger partial charge in [-0.3, -0.25) is 4.68 Å². The summed E-state index contributed by atoms with van der Waals surface area (Å²) >= 11 is 6.35. The number of rotatable bonds is 6. The van der Waals surface area contributed by atoms with E-state index >= 15 is 0 Å². The molecule has 1 saturated heterocycles. The Balaban J connectivity index is 0.00000167. The molecule has 3 aromatic heterocycles. The normalized spacial score (nSPS) is 14.1. The van der Waals surface area contributed by atoms with Crippen molar-refractivity contribution in [2.45, 2.75) is 52.2 Å². The van der Waals surface area contributed by atoms with Crippen LogP contribution in [-0.4, -0.2) is 49.0 Å². The Labute approximate surface area is 211 Å². The zero-order valence-corrected chi connectivity index (χ0v) is 21.5. The number of hydrogen-bond donors (Lipinski definition) is 3. The van der Waals surface area contributed by atoms with Crippen molar-refractivity contribution in [1.82, 2.24) is 24.7 Å². The van der Waals surface area contributed by atoms with Crippen LogP contribution in [0.4, 0.5) is 23.4 Å². The Morgan fingerprint density at radius 3 is 2.46 bits per heavy atom. The highest BCUT2D eigenvalue weighted by Gasteiger charge is 2.23. The maximum atomic E-state index is 10.3. The van der Waals surface area contributed by atoms with E-state index in [0.29, 0.717) is 33.9 Å². The molecule has 0 unspecified atom stereocenters. The summed E-state index contributed by atoms with van der Waals surface area (Å²) in [5, 5.41) is 30.5. The van der Waals surface area contributed by atoms with Crippen molar-refractivity contribution in [2.75, 3.05) is 28.6 Å². The van der Waals surface area contributed by atoms with E-state index in [-0.39, 0.29) is 6.04 Å². The quantitative estimate of drug-likeness (QED) is 0.458. The lowest BCUT2D eigenvalue weighted by Crippen LogP contribution is -2.39. The minimum atomic E-state index is -1.02. The van der Waals surface area contributed by atoms with Crippen LogP contribution in [0.5, 0.6) is 0 Å². The third-order valence-electron chi connectivity index (χ3n) is 5.53. The number of halogens is 1. The molecule has 0 aliphatic carbocycles. The highest BCUT2D eigenvalue weighted by atomic mass is 35.5. The first-order valence-corrected chi connectivity index (χ1v) is 12.0. The highest BCUT2D eigenvalue weighted by molar-refractivity contribution is 6.32. The molecule has 4 rings (SSSR count). The summed E-state index contributed by atoms with van der Waals surface area (Å²) in [6, 6.07) is 7.72. The smallest absolute Gasteiger partial charge is 0.230 e. The second-order valence-electron chi connectivity index (χ2n) is 8.54. The van der Waals surface area contributed by atoms with Crippen LogP contribution in [0.25, 0.3) is 0 Å². The molecule has 186 valence electrons. The van der Waals surface area contributed by atoms with Crippen molar-refractivity contribution in [3.05, 3.63) is 46.9 Å². The van der Waals surface area contributed by atoms with Crippen LogP contribution in [0, 0.1) is 11.3 Å². The monoisotopic (exact) mass is 497 g/mol. The highest BCUT2D eigenvalue weighted by Crippen LogP contribution is 2.27. The maximum absolute atomic E-state index is 10.3. The number of aryl methyl sites for hydroxylation is 1. The first kappa shape index (κ1) is 26.2. The lowest BCUT2D eigenvalue weighted by molar-refractivity contribution is 0.0696. The molecule has 0 radical (unpaired) electrons. The fraction of sp³-hybridized carbons (Fsp3) is 0.458. The average molecular weight is 498 g/mol. The Morgan fingerprint density at radius 1 is 1.17 bits per heavy atom. The van der Waals surface area contributed by atoms with Crippen LogP contribution in [0.15, 0.2) is 30.6 Å². The van der Waals surface area contributed by atoms with E-state index in [1.165, 1.54) is 0 Å². The first-order valence-electron chi connectivity index (χ1n) is 11.7. The molecule has 1 aliphatic heterocycles. The second-order valence-corrected chi connectivity index (χ2v) is 8.94. The molecule has 10 nitrogen and oxygen atoms in total. The molecule has 0 saturated carbocycles. The minimum Gasteiger partial charge on any atom is -0.384 e. The molecule has 3 aromatic rings. The van der Waals surface area contributed by atoms with E-state index in [1.807, 2.05) is 19.9 Å². The SMILES string of the molecule is CC.Cn1nc(Nc2ncc(Cl)c(NC3CCN(c4ccc(C#N)cn4)CC3)n2)cc1C(C)(C)O. The molecule has 0 aromatic carbocycles. The van der Waals surface area contributed by atoms with Crippen LogP contribution in [0.3, 0.4) is 0 Å². The summed E-state index contributed by atoms with van der Waals surface area (Å²) in [6.07, 6.45) is 4.93. The van der Waals surface area contributed by atoms with Crippen molar-refractivity contribution < 1.29 is 5.11 Å².